The second-order valence-corrected chi connectivity index (χ2v) is 1.22. The second-order valence-electron chi connectivity index (χ2n) is 0.408. The molecule has 0 aliphatic carbocycles. The summed E-state index contributed by atoms with van der Waals surface area (Å²) in [5, 5.41) is 0. The Morgan fingerprint density at radius 3 is 0.833 bits per heavy atom. The van der Waals surface area contributed by atoms with Crippen molar-refractivity contribution in [3.8, 4) is 0 Å². The maximum absolute atomic E-state index is 8.52. The van der Waals surface area contributed by atoms with Crippen molar-refractivity contribution in [2.75, 3.05) is 0 Å². The Kier molecular flexibility index (Phi) is 139. The van der Waals surface area contributed by atoms with Crippen molar-refractivity contribution in [2.45, 2.75) is 0 Å². The fraction of sp³-hybridized carbons (Fsp3) is 0. The molecule has 0 radical (unpaired) electrons. The van der Waals surface area contributed by atoms with Gasteiger partial charge in [-0.25, -0.2) is 0 Å². The van der Waals surface area contributed by atoms with Gasteiger partial charge in [0.25, 0.3) is 0 Å². The van der Waals surface area contributed by atoms with Gasteiger partial charge in [-0.1, -0.05) is 0 Å². The van der Waals surface area contributed by atoms with Crippen LogP contribution in [0.3, 0.4) is 0 Å². The normalized spacial score (nSPS) is 4.83. The zero-order chi connectivity index (χ0) is 4.50. The van der Waals surface area contributed by atoms with Gasteiger partial charge in [-0.3, -0.25) is 8.42 Å². The summed E-state index contributed by atoms with van der Waals surface area (Å²) >= 11 is 0. The molecule has 68 valence electrons. The molecule has 8 N–H and O–H groups in total. The van der Waals surface area contributed by atoms with Crippen molar-refractivity contribution in [1.29, 1.82) is 0 Å². The molecule has 0 bridgehead atoms. The fourth-order valence-electron chi connectivity index (χ4n) is 0. The summed E-state index contributed by atoms with van der Waals surface area (Å²) in [6.07, 6.45) is 0. The number of hydrogen-bond acceptors (Lipinski definition) is 4. The van der Waals surface area contributed by atoms with E-state index in [1.165, 1.54) is 0 Å². The standard InChI is InChI=1S/2K.Mg.H2O4S.4H2O.2H/c;;;1-5(2,3)4;;;;;;/h;;;(H2,1,2,3,4);4*1H2;;/q2*+1;+2;;;;;;2*-1/p-2. The van der Waals surface area contributed by atoms with Crippen LogP contribution < -0.4 is 103 Å². The maximum atomic E-state index is 8.52. The third-order valence-electron chi connectivity index (χ3n) is 0. The van der Waals surface area contributed by atoms with Gasteiger partial charge in [0.15, 0.2) is 0 Å². The molecule has 0 aromatic rings. The summed E-state index contributed by atoms with van der Waals surface area (Å²) in [7, 11) is -5.17. The van der Waals surface area contributed by atoms with Crippen molar-refractivity contribution in [3.63, 3.8) is 0 Å². The molecule has 0 unspecified atom stereocenters. The van der Waals surface area contributed by atoms with Gasteiger partial charge in [-0.05, 0) is 0 Å². The average molecular weight is 273 g/mol. The minimum Gasteiger partial charge on any atom is -1.00 e. The monoisotopic (exact) mass is 272 g/mol. The van der Waals surface area contributed by atoms with Gasteiger partial charge in [0.2, 0.25) is 0 Å². The van der Waals surface area contributed by atoms with E-state index in [4.69, 9.17) is 17.5 Å². The van der Waals surface area contributed by atoms with E-state index in [-0.39, 0.29) is 151 Å². The van der Waals surface area contributed by atoms with E-state index in [1.54, 1.807) is 0 Å². The first kappa shape index (κ1) is 57.1. The molecular weight excluding hydrogens is 263 g/mol. The molecule has 8 nitrogen and oxygen atoms in total. The van der Waals surface area contributed by atoms with Crippen LogP contribution >= 0.6 is 0 Å². The quantitative estimate of drug-likeness (QED) is 0.239. The van der Waals surface area contributed by atoms with Crippen LogP contribution in [0.5, 0.6) is 0 Å². The Morgan fingerprint density at radius 2 is 0.833 bits per heavy atom. The summed E-state index contributed by atoms with van der Waals surface area (Å²) in [6.45, 7) is 0. The van der Waals surface area contributed by atoms with Gasteiger partial charge in [0.05, 0.1) is 0 Å². The predicted molar refractivity (Wildman–Crippen MR) is 32.9 cm³/mol. The van der Waals surface area contributed by atoms with Crippen LogP contribution in [0.15, 0.2) is 0 Å². The van der Waals surface area contributed by atoms with E-state index in [1.807, 2.05) is 0 Å². The Hall–Kier alpha value is 3.75. The molecule has 0 atom stereocenters. The van der Waals surface area contributed by atoms with Gasteiger partial charge in [-0.2, -0.15) is 0 Å². The molecule has 0 aliphatic heterocycles. The predicted octanol–water partition coefficient (Wildman–Crippen LogP) is -10.8. The van der Waals surface area contributed by atoms with Gasteiger partial charge < -0.3 is 33.9 Å². The first-order chi connectivity index (χ1) is 2.00. The zero-order valence-electron chi connectivity index (χ0n) is 8.75. The van der Waals surface area contributed by atoms with Gasteiger partial charge >= 0.3 is 126 Å². The Bertz CT molecular complexity index is 109. The minimum atomic E-state index is -5.17. The molecule has 0 amide bonds. The van der Waals surface area contributed by atoms with Crippen molar-refractivity contribution < 1.29 is 145 Å². The molecule has 0 saturated heterocycles. The summed E-state index contributed by atoms with van der Waals surface area (Å²) in [5.74, 6) is 0. The fourth-order valence-corrected chi connectivity index (χ4v) is 0. The van der Waals surface area contributed by atoms with E-state index in [0.29, 0.717) is 0 Å². The topological polar surface area (TPSA) is 206 Å². The summed E-state index contributed by atoms with van der Waals surface area (Å²) in [5.41, 5.74) is 0. The van der Waals surface area contributed by atoms with Crippen LogP contribution in [-0.4, -0.2) is 62.5 Å². The van der Waals surface area contributed by atoms with E-state index in [9.17, 15) is 0 Å². The molecule has 0 spiro atoms. The molecule has 0 saturated carbocycles. The van der Waals surface area contributed by atoms with Crippen LogP contribution in [0, 0.1) is 0 Å². The van der Waals surface area contributed by atoms with E-state index < -0.39 is 10.4 Å². The smallest absolute Gasteiger partial charge is 1.00 e. The van der Waals surface area contributed by atoms with E-state index in [0.717, 1.165) is 0 Å². The van der Waals surface area contributed by atoms with Crippen LogP contribution in [0.1, 0.15) is 2.85 Å². The zero-order valence-corrected chi connectivity index (χ0v) is 15.2. The third-order valence-corrected chi connectivity index (χ3v) is 0. The SMILES string of the molecule is O.O.O.O.O=S(=O)([O-])[O-].[H-].[H-].[K+].[K+].[Mg+2]. The van der Waals surface area contributed by atoms with Crippen LogP contribution in [-0.2, 0) is 10.4 Å². The maximum Gasteiger partial charge on any atom is 2.00 e. The van der Waals surface area contributed by atoms with Crippen molar-refractivity contribution in [1.82, 2.24) is 0 Å². The molecule has 0 aromatic carbocycles. The molecule has 0 heterocycles. The molecular formula is H10K2MgO8S. The van der Waals surface area contributed by atoms with Crippen molar-refractivity contribution in [2.24, 2.45) is 0 Å². The Balaban J connectivity index is -0.00000000222. The molecule has 0 aliphatic rings. The van der Waals surface area contributed by atoms with Crippen LogP contribution in [0.2, 0.25) is 0 Å². The summed E-state index contributed by atoms with van der Waals surface area (Å²) in [4.78, 5) is 0. The third kappa shape index (κ3) is 159. The number of hydrogen-bond donors (Lipinski definition) is 0. The average Bonchev–Trinajstić information content (AvgIpc) is 0.722. The first-order valence-corrected chi connectivity index (χ1v) is 2.00. The van der Waals surface area contributed by atoms with Crippen molar-refractivity contribution >= 4 is 33.5 Å². The molecule has 0 aromatic heterocycles. The summed E-state index contributed by atoms with van der Waals surface area (Å²) in [6, 6.07) is 0. The van der Waals surface area contributed by atoms with Gasteiger partial charge in [0.1, 0.15) is 0 Å². The van der Waals surface area contributed by atoms with Gasteiger partial charge in [0, 0.05) is 10.4 Å². The second kappa shape index (κ2) is 29.3. The van der Waals surface area contributed by atoms with Gasteiger partial charge in [-0.15, -0.1) is 0 Å². The van der Waals surface area contributed by atoms with E-state index in [2.05, 4.69) is 0 Å². The molecule has 0 rings (SSSR count). The minimum absolute atomic E-state index is 0. The Morgan fingerprint density at radius 1 is 0.833 bits per heavy atom. The largest absolute Gasteiger partial charge is 2.00 e. The molecule has 12 heteroatoms. The molecule has 0 fully saturated rings. The van der Waals surface area contributed by atoms with Crippen LogP contribution in [0.25, 0.3) is 0 Å². The van der Waals surface area contributed by atoms with Crippen molar-refractivity contribution in [3.05, 3.63) is 0 Å². The van der Waals surface area contributed by atoms with Crippen LogP contribution in [0.4, 0.5) is 0 Å². The first-order valence-electron chi connectivity index (χ1n) is 0.667. The Labute approximate surface area is 174 Å². The number of rotatable bonds is 0. The molecule has 12 heavy (non-hydrogen) atoms. The van der Waals surface area contributed by atoms with E-state index >= 15 is 0 Å². The summed E-state index contributed by atoms with van der Waals surface area (Å²) < 4.78 is 34.1.